The standard InChI is InChI=1S/C30H30N2O3S/c1-25-17-19-29(20-18-25)36(34,35)32(28-15-9-4-10-16-28)24-30(33)31(23-27-13-7-3-8-14-27)22-21-26-11-5-2-6-12-26/h2-20H,21-24H2,1H3. The number of aryl methyl sites for hydroxylation is 1. The molecule has 0 radical (unpaired) electrons. The summed E-state index contributed by atoms with van der Waals surface area (Å²) in [6, 6.07) is 35.2. The van der Waals surface area contributed by atoms with Gasteiger partial charge in [0.05, 0.1) is 10.6 Å². The van der Waals surface area contributed by atoms with E-state index in [1.807, 2.05) is 73.7 Å². The quantitative estimate of drug-likeness (QED) is 0.292. The van der Waals surface area contributed by atoms with Crippen LogP contribution in [0.5, 0.6) is 0 Å². The zero-order valence-corrected chi connectivity index (χ0v) is 21.1. The second-order valence-corrected chi connectivity index (χ2v) is 10.6. The number of hydrogen-bond donors (Lipinski definition) is 0. The van der Waals surface area contributed by atoms with Crippen LogP contribution in [0.3, 0.4) is 0 Å². The van der Waals surface area contributed by atoms with Gasteiger partial charge in [-0.1, -0.05) is 96.6 Å². The van der Waals surface area contributed by atoms with Crippen molar-refractivity contribution in [1.82, 2.24) is 4.90 Å². The van der Waals surface area contributed by atoms with E-state index in [0.717, 1.165) is 16.7 Å². The molecule has 0 aliphatic carbocycles. The smallest absolute Gasteiger partial charge is 0.264 e. The summed E-state index contributed by atoms with van der Waals surface area (Å²) in [5.74, 6) is -0.255. The van der Waals surface area contributed by atoms with Crippen molar-refractivity contribution < 1.29 is 13.2 Å². The van der Waals surface area contributed by atoms with Crippen molar-refractivity contribution in [3.63, 3.8) is 0 Å². The molecule has 1 amide bonds. The van der Waals surface area contributed by atoms with Gasteiger partial charge in [-0.2, -0.15) is 0 Å². The highest BCUT2D eigenvalue weighted by Crippen LogP contribution is 2.24. The van der Waals surface area contributed by atoms with E-state index < -0.39 is 10.0 Å². The van der Waals surface area contributed by atoms with Crippen LogP contribution in [0.25, 0.3) is 0 Å². The number of benzene rings is 4. The average molecular weight is 499 g/mol. The summed E-state index contributed by atoms with van der Waals surface area (Å²) in [7, 11) is -3.95. The molecular weight excluding hydrogens is 468 g/mol. The molecule has 0 aliphatic rings. The number of anilines is 1. The zero-order chi connectivity index (χ0) is 25.4. The Hall–Kier alpha value is -3.90. The molecule has 6 heteroatoms. The lowest BCUT2D eigenvalue weighted by atomic mass is 10.1. The van der Waals surface area contributed by atoms with Crippen LogP contribution in [0, 0.1) is 6.92 Å². The molecule has 0 saturated heterocycles. The van der Waals surface area contributed by atoms with Gasteiger partial charge in [-0.15, -0.1) is 0 Å². The predicted molar refractivity (Wildman–Crippen MR) is 144 cm³/mol. The Balaban J connectivity index is 1.63. The number of nitrogens with zero attached hydrogens (tertiary/aromatic N) is 2. The van der Waals surface area contributed by atoms with E-state index in [0.29, 0.717) is 25.2 Å². The van der Waals surface area contributed by atoms with Gasteiger partial charge in [0.2, 0.25) is 5.91 Å². The molecular formula is C30H30N2O3S. The topological polar surface area (TPSA) is 57.7 Å². The number of amides is 1. The van der Waals surface area contributed by atoms with Crippen molar-refractivity contribution >= 4 is 21.6 Å². The summed E-state index contributed by atoms with van der Waals surface area (Å²) in [6.45, 7) is 2.50. The van der Waals surface area contributed by atoms with Crippen molar-refractivity contribution in [2.75, 3.05) is 17.4 Å². The summed E-state index contributed by atoms with van der Waals surface area (Å²) in [6.07, 6.45) is 0.676. The van der Waals surface area contributed by atoms with Gasteiger partial charge in [0.1, 0.15) is 6.54 Å². The molecule has 0 fully saturated rings. The predicted octanol–water partition coefficient (Wildman–Crippen LogP) is 5.46. The molecule has 0 spiro atoms. The fourth-order valence-corrected chi connectivity index (χ4v) is 5.39. The molecule has 0 aliphatic heterocycles. The molecule has 184 valence electrons. The summed E-state index contributed by atoms with van der Waals surface area (Å²) in [4.78, 5) is 15.6. The Morgan fingerprint density at radius 1 is 0.694 bits per heavy atom. The lowest BCUT2D eigenvalue weighted by Gasteiger charge is -2.29. The van der Waals surface area contributed by atoms with Gasteiger partial charge in [0, 0.05) is 13.1 Å². The second-order valence-electron chi connectivity index (χ2n) is 8.70. The van der Waals surface area contributed by atoms with Gasteiger partial charge in [0.15, 0.2) is 0 Å². The number of hydrogen-bond acceptors (Lipinski definition) is 3. The summed E-state index contributed by atoms with van der Waals surface area (Å²) in [5.41, 5.74) is 3.53. The molecule has 4 aromatic rings. The first-order valence-electron chi connectivity index (χ1n) is 11.9. The average Bonchev–Trinajstić information content (AvgIpc) is 2.91. The van der Waals surface area contributed by atoms with Crippen LogP contribution in [0.1, 0.15) is 16.7 Å². The van der Waals surface area contributed by atoms with Crippen molar-refractivity contribution in [3.05, 3.63) is 132 Å². The van der Waals surface area contributed by atoms with Crippen molar-refractivity contribution in [3.8, 4) is 0 Å². The normalized spacial score (nSPS) is 11.1. The first-order valence-corrected chi connectivity index (χ1v) is 13.4. The largest absolute Gasteiger partial charge is 0.336 e. The van der Waals surface area contributed by atoms with Crippen molar-refractivity contribution in [1.29, 1.82) is 0 Å². The van der Waals surface area contributed by atoms with Crippen LogP contribution in [0.15, 0.2) is 120 Å². The SMILES string of the molecule is Cc1ccc(S(=O)(=O)N(CC(=O)N(CCc2ccccc2)Cc2ccccc2)c2ccccc2)cc1. The second kappa shape index (κ2) is 11.7. The van der Waals surface area contributed by atoms with Crippen LogP contribution < -0.4 is 4.31 Å². The third kappa shape index (κ3) is 6.40. The number of sulfonamides is 1. The van der Waals surface area contributed by atoms with Crippen LogP contribution in [-0.4, -0.2) is 32.3 Å². The maximum absolute atomic E-state index is 13.7. The Morgan fingerprint density at radius 3 is 1.81 bits per heavy atom. The van der Waals surface area contributed by atoms with Crippen LogP contribution >= 0.6 is 0 Å². The van der Waals surface area contributed by atoms with Gasteiger partial charge < -0.3 is 4.90 Å². The van der Waals surface area contributed by atoms with Crippen LogP contribution in [0.4, 0.5) is 5.69 Å². The third-order valence-corrected chi connectivity index (χ3v) is 7.80. The highest BCUT2D eigenvalue weighted by molar-refractivity contribution is 7.92. The molecule has 0 N–H and O–H groups in total. The number of rotatable bonds is 10. The van der Waals surface area contributed by atoms with E-state index in [9.17, 15) is 13.2 Å². The molecule has 4 aromatic carbocycles. The first kappa shape index (κ1) is 25.2. The molecule has 5 nitrogen and oxygen atoms in total. The van der Waals surface area contributed by atoms with Crippen LogP contribution in [-0.2, 0) is 27.8 Å². The Labute approximate surface area is 213 Å². The highest BCUT2D eigenvalue weighted by atomic mass is 32.2. The minimum atomic E-state index is -3.95. The maximum atomic E-state index is 13.7. The van der Waals surface area contributed by atoms with E-state index in [-0.39, 0.29) is 17.3 Å². The summed E-state index contributed by atoms with van der Waals surface area (Å²) < 4.78 is 28.6. The summed E-state index contributed by atoms with van der Waals surface area (Å²) in [5, 5.41) is 0. The molecule has 0 aromatic heterocycles. The zero-order valence-electron chi connectivity index (χ0n) is 20.3. The van der Waals surface area contributed by atoms with Gasteiger partial charge in [-0.05, 0) is 48.7 Å². The van der Waals surface area contributed by atoms with Gasteiger partial charge in [0.25, 0.3) is 10.0 Å². The number of carbonyl (C=O) groups excluding carboxylic acids is 1. The van der Waals surface area contributed by atoms with Crippen molar-refractivity contribution in [2.24, 2.45) is 0 Å². The molecule has 0 saturated carbocycles. The van der Waals surface area contributed by atoms with E-state index in [1.54, 1.807) is 53.4 Å². The number of carbonyl (C=O) groups is 1. The van der Waals surface area contributed by atoms with Crippen molar-refractivity contribution in [2.45, 2.75) is 24.8 Å². The van der Waals surface area contributed by atoms with Crippen LogP contribution in [0.2, 0.25) is 0 Å². The highest BCUT2D eigenvalue weighted by Gasteiger charge is 2.29. The fraction of sp³-hybridized carbons (Fsp3) is 0.167. The molecule has 0 unspecified atom stereocenters. The molecule has 0 atom stereocenters. The molecule has 0 heterocycles. The van der Waals surface area contributed by atoms with Gasteiger partial charge in [-0.3, -0.25) is 9.10 Å². The molecule has 4 rings (SSSR count). The van der Waals surface area contributed by atoms with E-state index in [1.165, 1.54) is 4.31 Å². The Bertz CT molecular complexity index is 1360. The molecule has 36 heavy (non-hydrogen) atoms. The van der Waals surface area contributed by atoms with Gasteiger partial charge >= 0.3 is 0 Å². The van der Waals surface area contributed by atoms with E-state index in [2.05, 4.69) is 0 Å². The maximum Gasteiger partial charge on any atom is 0.264 e. The third-order valence-electron chi connectivity index (χ3n) is 6.01. The molecule has 0 bridgehead atoms. The lowest BCUT2D eigenvalue weighted by molar-refractivity contribution is -0.130. The number of para-hydroxylation sites is 1. The fourth-order valence-electron chi connectivity index (χ4n) is 3.97. The lowest BCUT2D eigenvalue weighted by Crippen LogP contribution is -2.43. The minimum absolute atomic E-state index is 0.156. The van der Waals surface area contributed by atoms with Gasteiger partial charge in [-0.25, -0.2) is 8.42 Å². The Kier molecular flexibility index (Phi) is 8.18. The van der Waals surface area contributed by atoms with E-state index in [4.69, 9.17) is 0 Å². The van der Waals surface area contributed by atoms with E-state index >= 15 is 0 Å². The first-order chi connectivity index (χ1) is 17.4. The monoisotopic (exact) mass is 498 g/mol. The minimum Gasteiger partial charge on any atom is -0.336 e. The Morgan fingerprint density at radius 2 is 1.22 bits per heavy atom. The summed E-state index contributed by atoms with van der Waals surface area (Å²) >= 11 is 0.